The van der Waals surface area contributed by atoms with Crippen LogP contribution in [0.1, 0.15) is 11.1 Å². The minimum atomic E-state index is -0.0167. The second kappa shape index (κ2) is 9.60. The van der Waals surface area contributed by atoms with E-state index in [1.807, 2.05) is 37.5 Å². The van der Waals surface area contributed by atoms with E-state index in [-0.39, 0.29) is 5.78 Å². The molecular formula is C27H27ClN6O. The third kappa shape index (κ3) is 4.57. The van der Waals surface area contributed by atoms with Crippen LogP contribution in [-0.2, 0) is 11.2 Å². The van der Waals surface area contributed by atoms with Crippen molar-refractivity contribution in [2.24, 2.45) is 0 Å². The smallest absolute Gasteiger partial charge is 0.225 e. The number of halogens is 1. The van der Waals surface area contributed by atoms with Gasteiger partial charge in [-0.3, -0.25) is 4.79 Å². The van der Waals surface area contributed by atoms with Gasteiger partial charge in [0, 0.05) is 67.7 Å². The molecule has 0 aliphatic carbocycles. The maximum Gasteiger partial charge on any atom is 0.225 e. The van der Waals surface area contributed by atoms with E-state index < -0.39 is 0 Å². The number of anilines is 1. The number of carbonyl (C=O) groups excluding carboxylic acids is 1. The van der Waals surface area contributed by atoms with Crippen molar-refractivity contribution in [3.05, 3.63) is 71.7 Å². The van der Waals surface area contributed by atoms with E-state index in [1.165, 1.54) is 6.08 Å². The lowest BCUT2D eigenvalue weighted by molar-refractivity contribution is -0.114. The van der Waals surface area contributed by atoms with Gasteiger partial charge in [-0.1, -0.05) is 36.4 Å². The van der Waals surface area contributed by atoms with Crippen molar-refractivity contribution in [2.75, 3.05) is 38.1 Å². The number of ketones is 1. The number of nitrogens with one attached hydrogen (secondary N) is 1. The number of aromatic nitrogens is 4. The van der Waals surface area contributed by atoms with Crippen molar-refractivity contribution >= 4 is 34.4 Å². The molecule has 0 spiro atoms. The van der Waals surface area contributed by atoms with Gasteiger partial charge in [0.05, 0.1) is 10.7 Å². The Balaban J connectivity index is 1.60. The summed E-state index contributed by atoms with van der Waals surface area (Å²) in [5.41, 5.74) is 6.24. The van der Waals surface area contributed by atoms with Gasteiger partial charge in [0.15, 0.2) is 5.78 Å². The molecule has 1 aromatic carbocycles. The maximum absolute atomic E-state index is 12.1. The highest BCUT2D eigenvalue weighted by Gasteiger charge is 2.21. The monoisotopic (exact) mass is 486 g/mol. The molecule has 7 nitrogen and oxygen atoms in total. The molecule has 1 N–H and O–H groups in total. The lowest BCUT2D eigenvalue weighted by Gasteiger charge is -2.32. The van der Waals surface area contributed by atoms with E-state index in [1.54, 1.807) is 12.3 Å². The summed E-state index contributed by atoms with van der Waals surface area (Å²) in [5.74, 6) is 0.716. The quantitative estimate of drug-likeness (QED) is 0.398. The van der Waals surface area contributed by atoms with Gasteiger partial charge in [-0.15, -0.1) is 0 Å². The number of carbonyl (C=O) groups is 1. The molecule has 178 valence electrons. The zero-order valence-electron chi connectivity index (χ0n) is 19.9. The number of hydrogen-bond donors (Lipinski definition) is 1. The van der Waals surface area contributed by atoms with Gasteiger partial charge in [-0.25, -0.2) is 15.0 Å². The number of fused-ring (bicyclic) bond motifs is 1. The van der Waals surface area contributed by atoms with Crippen LogP contribution >= 0.6 is 11.6 Å². The second-order valence-electron chi connectivity index (χ2n) is 8.94. The molecular weight excluding hydrogens is 460 g/mol. The van der Waals surface area contributed by atoms with Crippen LogP contribution in [0, 0.1) is 6.92 Å². The molecule has 1 fully saturated rings. The molecule has 4 aromatic rings. The predicted octanol–water partition coefficient (Wildman–Crippen LogP) is 4.70. The summed E-state index contributed by atoms with van der Waals surface area (Å²) in [7, 11) is 2.13. The molecule has 0 saturated carbocycles. The Morgan fingerprint density at radius 3 is 2.57 bits per heavy atom. The molecule has 35 heavy (non-hydrogen) atoms. The zero-order valence-corrected chi connectivity index (χ0v) is 20.6. The Morgan fingerprint density at radius 2 is 1.86 bits per heavy atom. The number of nitrogens with zero attached hydrogens (tertiary/aromatic N) is 5. The van der Waals surface area contributed by atoms with Crippen LogP contribution in [0.2, 0.25) is 5.02 Å². The number of hydrogen-bond acceptors (Lipinski definition) is 6. The molecule has 0 bridgehead atoms. The minimum Gasteiger partial charge on any atom is -0.339 e. The summed E-state index contributed by atoms with van der Waals surface area (Å²) in [6.07, 6.45) is 7.04. The van der Waals surface area contributed by atoms with E-state index >= 15 is 0 Å². The first-order valence-corrected chi connectivity index (χ1v) is 12.0. The molecule has 8 heteroatoms. The van der Waals surface area contributed by atoms with Crippen molar-refractivity contribution in [3.8, 4) is 22.4 Å². The lowest BCUT2D eigenvalue weighted by Crippen LogP contribution is -2.45. The fraction of sp³-hybridized carbons (Fsp3) is 0.259. The minimum absolute atomic E-state index is 0.0167. The third-order valence-corrected chi connectivity index (χ3v) is 6.90. The van der Waals surface area contributed by atoms with Crippen LogP contribution in [0.3, 0.4) is 0 Å². The lowest BCUT2D eigenvalue weighted by atomic mass is 9.94. The van der Waals surface area contributed by atoms with Crippen LogP contribution in [-0.4, -0.2) is 63.8 Å². The van der Waals surface area contributed by atoms with Crippen LogP contribution in [0.25, 0.3) is 33.4 Å². The molecule has 1 aliphatic rings. The Hall–Kier alpha value is -3.55. The fourth-order valence-corrected chi connectivity index (χ4v) is 4.72. The van der Waals surface area contributed by atoms with Gasteiger partial charge in [-0.2, -0.15) is 0 Å². The molecule has 1 saturated heterocycles. The first kappa shape index (κ1) is 23.2. The summed E-state index contributed by atoms with van der Waals surface area (Å²) >= 11 is 6.66. The molecule has 0 unspecified atom stereocenters. The standard InChI is InChI=1S/C27H27ClN6O/c1-4-21(35)14-19-13-18(6-5-17(19)2)23-24-22(28)7-8-29-26(24)32-25(23)20-15-30-27(31-16-20)34-11-9-33(3)10-12-34/h4-8,13,15-16H,1,9-12,14H2,2-3H3,(H,29,32). The molecule has 0 amide bonds. The van der Waals surface area contributed by atoms with Gasteiger partial charge in [0.25, 0.3) is 0 Å². The SMILES string of the molecule is C=CC(=O)Cc1cc(-c2c(-c3cnc(N4CCN(C)CC4)nc3)[nH]c3nccc(Cl)c23)ccc1C. The van der Waals surface area contributed by atoms with Gasteiger partial charge in [0.1, 0.15) is 5.65 Å². The molecule has 4 heterocycles. The highest BCUT2D eigenvalue weighted by molar-refractivity contribution is 6.36. The van der Waals surface area contributed by atoms with E-state index in [2.05, 4.69) is 43.4 Å². The van der Waals surface area contributed by atoms with E-state index in [4.69, 9.17) is 11.6 Å². The highest BCUT2D eigenvalue weighted by atomic mass is 35.5. The van der Waals surface area contributed by atoms with Crippen LogP contribution in [0.15, 0.2) is 55.5 Å². The molecule has 0 atom stereocenters. The van der Waals surface area contributed by atoms with Gasteiger partial charge < -0.3 is 14.8 Å². The molecule has 0 radical (unpaired) electrons. The number of aromatic amines is 1. The normalized spacial score (nSPS) is 14.4. The number of rotatable bonds is 6. The van der Waals surface area contributed by atoms with E-state index in [0.29, 0.717) is 17.1 Å². The first-order chi connectivity index (χ1) is 16.9. The van der Waals surface area contributed by atoms with Crippen LogP contribution in [0.5, 0.6) is 0 Å². The van der Waals surface area contributed by atoms with E-state index in [0.717, 1.165) is 71.0 Å². The Labute approximate surface area is 209 Å². The summed E-state index contributed by atoms with van der Waals surface area (Å²) < 4.78 is 0. The van der Waals surface area contributed by atoms with Crippen LogP contribution < -0.4 is 4.90 Å². The molecule has 5 rings (SSSR count). The first-order valence-electron chi connectivity index (χ1n) is 11.6. The number of aryl methyl sites for hydroxylation is 1. The van der Waals surface area contributed by atoms with Crippen molar-refractivity contribution in [1.82, 2.24) is 24.8 Å². The average molecular weight is 487 g/mol. The summed E-state index contributed by atoms with van der Waals surface area (Å²) in [4.78, 5) is 33.9. The maximum atomic E-state index is 12.1. The number of piperazine rings is 1. The summed E-state index contributed by atoms with van der Waals surface area (Å²) in [5, 5.41) is 1.43. The highest BCUT2D eigenvalue weighted by Crippen LogP contribution is 2.41. The summed E-state index contributed by atoms with van der Waals surface area (Å²) in [6, 6.07) is 7.91. The number of likely N-dealkylation sites (N-methyl/N-ethyl adjacent to an activating group) is 1. The van der Waals surface area contributed by atoms with Gasteiger partial charge in [-0.05, 0) is 42.8 Å². The second-order valence-corrected chi connectivity index (χ2v) is 9.35. The predicted molar refractivity (Wildman–Crippen MR) is 141 cm³/mol. The van der Waals surface area contributed by atoms with Crippen molar-refractivity contribution in [2.45, 2.75) is 13.3 Å². The number of allylic oxidation sites excluding steroid dienone is 1. The topological polar surface area (TPSA) is 78.0 Å². The molecule has 3 aromatic heterocycles. The third-order valence-electron chi connectivity index (χ3n) is 6.59. The van der Waals surface area contributed by atoms with Crippen molar-refractivity contribution in [1.29, 1.82) is 0 Å². The number of H-pyrrole nitrogens is 1. The van der Waals surface area contributed by atoms with Gasteiger partial charge in [0.2, 0.25) is 5.95 Å². The van der Waals surface area contributed by atoms with Gasteiger partial charge >= 0.3 is 0 Å². The average Bonchev–Trinajstić information content (AvgIpc) is 3.27. The van der Waals surface area contributed by atoms with Crippen LogP contribution in [0.4, 0.5) is 5.95 Å². The summed E-state index contributed by atoms with van der Waals surface area (Å²) in [6.45, 7) is 9.41. The molecule has 1 aliphatic heterocycles. The fourth-order valence-electron chi connectivity index (χ4n) is 4.48. The zero-order chi connectivity index (χ0) is 24.5. The number of pyridine rings is 1. The number of benzene rings is 1. The van der Waals surface area contributed by atoms with E-state index in [9.17, 15) is 4.79 Å². The van der Waals surface area contributed by atoms with Crippen molar-refractivity contribution < 1.29 is 4.79 Å². The van der Waals surface area contributed by atoms with Crippen molar-refractivity contribution in [3.63, 3.8) is 0 Å². The Morgan fingerprint density at radius 1 is 1.11 bits per heavy atom. The Bertz CT molecular complexity index is 1400. The largest absolute Gasteiger partial charge is 0.339 e. The Kier molecular flexibility index (Phi) is 6.36.